The molecule has 2 aromatic carbocycles. The summed E-state index contributed by atoms with van der Waals surface area (Å²) in [4.78, 5) is 50.5. The number of hydrogen-bond donors (Lipinski definition) is 2. The molecule has 8 nitrogen and oxygen atoms in total. The first-order valence-electron chi connectivity index (χ1n) is 10.2. The van der Waals surface area contributed by atoms with Gasteiger partial charge in [0.1, 0.15) is 17.9 Å². The number of carbonyl (C=O) groups is 4. The lowest BCUT2D eigenvalue weighted by atomic mass is 9.87. The Morgan fingerprint density at radius 2 is 1.78 bits per heavy atom. The lowest BCUT2D eigenvalue weighted by Gasteiger charge is -2.25. The van der Waals surface area contributed by atoms with E-state index in [1.807, 2.05) is 0 Å². The van der Waals surface area contributed by atoms with Gasteiger partial charge in [-0.3, -0.25) is 19.3 Å². The molecule has 1 saturated heterocycles. The van der Waals surface area contributed by atoms with Crippen LogP contribution in [0.15, 0.2) is 54.6 Å². The SMILES string of the molecule is CC[C@@]1(c2ccccc2)NC(=O)N(CC(=O)OCC(=O)N[C@H](C)c2ccc(F)cc2)C1=O. The minimum atomic E-state index is -1.25. The quantitative estimate of drug-likeness (QED) is 0.484. The second-order valence-electron chi connectivity index (χ2n) is 7.45. The molecule has 0 radical (unpaired) electrons. The smallest absolute Gasteiger partial charge is 0.326 e. The number of halogens is 1. The van der Waals surface area contributed by atoms with Gasteiger partial charge in [-0.2, -0.15) is 0 Å². The lowest BCUT2D eigenvalue weighted by molar-refractivity contribution is -0.151. The number of ether oxygens (including phenoxy) is 1. The van der Waals surface area contributed by atoms with Crippen LogP contribution in [0.3, 0.4) is 0 Å². The minimum absolute atomic E-state index is 0.302. The maximum Gasteiger partial charge on any atom is 0.326 e. The summed E-state index contributed by atoms with van der Waals surface area (Å²) in [6.07, 6.45) is 0.302. The van der Waals surface area contributed by atoms with Crippen LogP contribution in [-0.4, -0.2) is 41.9 Å². The molecular formula is C23H24FN3O5. The number of nitrogens with one attached hydrogen (secondary N) is 2. The molecule has 4 amide bonds. The Morgan fingerprint density at radius 1 is 1.12 bits per heavy atom. The number of benzene rings is 2. The lowest BCUT2D eigenvalue weighted by Crippen LogP contribution is -2.44. The second-order valence-corrected chi connectivity index (χ2v) is 7.45. The number of imide groups is 1. The van der Waals surface area contributed by atoms with Crippen molar-refractivity contribution in [2.75, 3.05) is 13.2 Å². The first kappa shape index (κ1) is 22.9. The molecule has 0 bridgehead atoms. The van der Waals surface area contributed by atoms with Crippen molar-refractivity contribution in [1.82, 2.24) is 15.5 Å². The monoisotopic (exact) mass is 441 g/mol. The fraction of sp³-hybridized carbons (Fsp3) is 0.304. The van der Waals surface area contributed by atoms with Crippen LogP contribution in [0, 0.1) is 5.82 Å². The third kappa shape index (κ3) is 4.77. The van der Waals surface area contributed by atoms with Crippen LogP contribution in [0.1, 0.15) is 37.4 Å². The number of rotatable bonds is 8. The Bertz CT molecular complexity index is 1010. The Balaban J connectivity index is 1.55. The predicted molar refractivity (Wildman–Crippen MR) is 113 cm³/mol. The highest BCUT2D eigenvalue weighted by molar-refractivity contribution is 6.09. The van der Waals surface area contributed by atoms with Crippen LogP contribution >= 0.6 is 0 Å². The zero-order chi connectivity index (χ0) is 23.3. The van der Waals surface area contributed by atoms with E-state index < -0.39 is 48.5 Å². The van der Waals surface area contributed by atoms with Crippen LogP contribution in [0.4, 0.5) is 9.18 Å². The molecule has 2 N–H and O–H groups in total. The van der Waals surface area contributed by atoms with E-state index in [1.165, 1.54) is 24.3 Å². The maximum atomic E-state index is 13.0. The van der Waals surface area contributed by atoms with Crippen LogP contribution in [-0.2, 0) is 24.7 Å². The fourth-order valence-corrected chi connectivity index (χ4v) is 3.57. The van der Waals surface area contributed by atoms with E-state index in [1.54, 1.807) is 44.2 Å². The van der Waals surface area contributed by atoms with Gasteiger partial charge in [-0.15, -0.1) is 0 Å². The molecule has 0 aromatic heterocycles. The van der Waals surface area contributed by atoms with Crippen molar-refractivity contribution < 1.29 is 28.3 Å². The zero-order valence-electron chi connectivity index (χ0n) is 17.8. The Hall–Kier alpha value is -3.75. The first-order valence-corrected chi connectivity index (χ1v) is 10.2. The molecular weight excluding hydrogens is 417 g/mol. The van der Waals surface area contributed by atoms with Crippen molar-refractivity contribution in [3.63, 3.8) is 0 Å². The zero-order valence-corrected chi connectivity index (χ0v) is 17.8. The summed E-state index contributed by atoms with van der Waals surface area (Å²) in [6.45, 7) is 2.28. The molecule has 1 heterocycles. The van der Waals surface area contributed by atoms with Gasteiger partial charge in [0.2, 0.25) is 0 Å². The van der Waals surface area contributed by atoms with Crippen molar-refractivity contribution >= 4 is 23.8 Å². The highest BCUT2D eigenvalue weighted by atomic mass is 19.1. The van der Waals surface area contributed by atoms with Gasteiger partial charge < -0.3 is 15.4 Å². The summed E-state index contributed by atoms with van der Waals surface area (Å²) in [7, 11) is 0. The van der Waals surface area contributed by atoms with Crippen LogP contribution in [0.5, 0.6) is 0 Å². The molecule has 9 heteroatoms. The van der Waals surface area contributed by atoms with E-state index in [0.717, 1.165) is 4.90 Å². The molecule has 2 aromatic rings. The Morgan fingerprint density at radius 3 is 2.41 bits per heavy atom. The van der Waals surface area contributed by atoms with Crippen molar-refractivity contribution in [2.45, 2.75) is 31.8 Å². The van der Waals surface area contributed by atoms with Crippen molar-refractivity contribution in [2.24, 2.45) is 0 Å². The highest BCUT2D eigenvalue weighted by Crippen LogP contribution is 2.32. The topological polar surface area (TPSA) is 105 Å². The molecule has 1 fully saturated rings. The molecule has 0 spiro atoms. The summed E-state index contributed by atoms with van der Waals surface area (Å²) >= 11 is 0. The van der Waals surface area contributed by atoms with Crippen molar-refractivity contribution in [3.8, 4) is 0 Å². The van der Waals surface area contributed by atoms with E-state index in [9.17, 15) is 23.6 Å². The normalized spacial score (nSPS) is 18.8. The standard InChI is InChI=1S/C23H24FN3O5/c1-3-23(17-7-5-4-6-8-17)21(30)27(22(31)26-23)13-20(29)32-14-19(28)25-15(2)16-9-11-18(24)12-10-16/h4-12,15H,3,13-14H2,1-2H3,(H,25,28)(H,26,31)/t15-,23+/m1/s1. The first-order chi connectivity index (χ1) is 15.3. The number of hydrogen-bond acceptors (Lipinski definition) is 5. The number of urea groups is 1. The van der Waals surface area contributed by atoms with Crippen molar-refractivity contribution in [3.05, 3.63) is 71.5 Å². The molecule has 3 rings (SSSR count). The molecule has 0 unspecified atom stereocenters. The molecule has 2 atom stereocenters. The number of nitrogens with zero attached hydrogens (tertiary/aromatic N) is 1. The predicted octanol–water partition coefficient (Wildman–Crippen LogP) is 2.40. The van der Waals surface area contributed by atoms with Gasteiger partial charge in [-0.05, 0) is 36.6 Å². The average Bonchev–Trinajstić information content (AvgIpc) is 3.03. The van der Waals surface area contributed by atoms with E-state index in [2.05, 4.69) is 10.6 Å². The number of esters is 1. The van der Waals surface area contributed by atoms with Crippen molar-refractivity contribution in [1.29, 1.82) is 0 Å². The molecule has 1 aliphatic heterocycles. The van der Waals surface area contributed by atoms with Gasteiger partial charge in [0.15, 0.2) is 6.61 Å². The van der Waals surface area contributed by atoms with E-state index in [4.69, 9.17) is 4.74 Å². The van der Waals surface area contributed by atoms with Gasteiger partial charge >= 0.3 is 12.0 Å². The van der Waals surface area contributed by atoms with E-state index >= 15 is 0 Å². The van der Waals surface area contributed by atoms with Gasteiger partial charge in [-0.1, -0.05) is 49.4 Å². The van der Waals surface area contributed by atoms with E-state index in [0.29, 0.717) is 17.5 Å². The molecule has 0 aliphatic carbocycles. The van der Waals surface area contributed by atoms with Crippen LogP contribution in [0.25, 0.3) is 0 Å². The maximum absolute atomic E-state index is 13.0. The average molecular weight is 441 g/mol. The molecule has 32 heavy (non-hydrogen) atoms. The minimum Gasteiger partial charge on any atom is -0.454 e. The third-order valence-electron chi connectivity index (χ3n) is 5.37. The van der Waals surface area contributed by atoms with Gasteiger partial charge in [0, 0.05) is 0 Å². The van der Waals surface area contributed by atoms with E-state index in [-0.39, 0.29) is 5.82 Å². The molecule has 168 valence electrons. The van der Waals surface area contributed by atoms with Crippen LogP contribution < -0.4 is 10.6 Å². The molecule has 1 aliphatic rings. The Kier molecular flexibility index (Phi) is 6.87. The summed E-state index contributed by atoms with van der Waals surface area (Å²) in [6, 6.07) is 13.3. The van der Waals surface area contributed by atoms with Gasteiger partial charge in [-0.25, -0.2) is 9.18 Å². The Labute approximate surface area is 184 Å². The molecule has 0 saturated carbocycles. The van der Waals surface area contributed by atoms with Crippen LogP contribution in [0.2, 0.25) is 0 Å². The highest BCUT2D eigenvalue weighted by Gasteiger charge is 2.51. The summed E-state index contributed by atoms with van der Waals surface area (Å²) in [5.41, 5.74) is 0.0498. The summed E-state index contributed by atoms with van der Waals surface area (Å²) in [5, 5.41) is 5.30. The largest absolute Gasteiger partial charge is 0.454 e. The second kappa shape index (κ2) is 9.59. The van der Waals surface area contributed by atoms with Gasteiger partial charge in [0.25, 0.3) is 11.8 Å². The fourth-order valence-electron chi connectivity index (χ4n) is 3.57. The summed E-state index contributed by atoms with van der Waals surface area (Å²) in [5.74, 6) is -2.40. The summed E-state index contributed by atoms with van der Waals surface area (Å²) < 4.78 is 18.0. The number of amides is 4. The number of carbonyl (C=O) groups excluding carboxylic acids is 4. The third-order valence-corrected chi connectivity index (χ3v) is 5.37. The van der Waals surface area contributed by atoms with Gasteiger partial charge in [0.05, 0.1) is 6.04 Å².